The summed E-state index contributed by atoms with van der Waals surface area (Å²) in [5.41, 5.74) is 1.37. The average molecular weight is 393 g/mol. The molecule has 27 heavy (non-hydrogen) atoms. The molecule has 1 saturated heterocycles. The van der Waals surface area contributed by atoms with Crippen molar-refractivity contribution in [2.45, 2.75) is 37.1 Å². The van der Waals surface area contributed by atoms with Gasteiger partial charge in [-0.1, -0.05) is 29.8 Å². The Morgan fingerprint density at radius 2 is 1.81 bits per heavy atom. The summed E-state index contributed by atoms with van der Waals surface area (Å²) in [5.74, 6) is -3.17. The van der Waals surface area contributed by atoms with Gasteiger partial charge in [0, 0.05) is 18.8 Å². The van der Waals surface area contributed by atoms with Gasteiger partial charge in [0.1, 0.15) is 16.3 Å². The number of rotatable bonds is 4. The topological polar surface area (TPSA) is 54.5 Å². The first-order valence-corrected chi connectivity index (χ1v) is 10.6. The lowest BCUT2D eigenvalue weighted by Gasteiger charge is -2.25. The van der Waals surface area contributed by atoms with Crippen LogP contribution in [0.15, 0.2) is 41.3 Å². The van der Waals surface area contributed by atoms with Gasteiger partial charge in [0.25, 0.3) is 5.91 Å². The van der Waals surface area contributed by atoms with Gasteiger partial charge in [-0.05, 0) is 43.9 Å². The molecule has 1 heterocycles. The summed E-state index contributed by atoms with van der Waals surface area (Å²) < 4.78 is 52.3. The van der Waals surface area contributed by atoms with Gasteiger partial charge in [-0.2, -0.15) is 0 Å². The van der Waals surface area contributed by atoms with E-state index in [0.29, 0.717) is 13.0 Å². The monoisotopic (exact) mass is 393 g/mol. The summed E-state index contributed by atoms with van der Waals surface area (Å²) in [4.78, 5) is 13.7. The van der Waals surface area contributed by atoms with Crippen LogP contribution in [0.4, 0.5) is 8.78 Å². The molecule has 2 aromatic carbocycles. The molecule has 1 aliphatic rings. The van der Waals surface area contributed by atoms with Crippen molar-refractivity contribution < 1.29 is 22.0 Å². The van der Waals surface area contributed by atoms with Gasteiger partial charge < -0.3 is 4.90 Å². The minimum atomic E-state index is -3.91. The van der Waals surface area contributed by atoms with E-state index in [2.05, 4.69) is 0 Å². The van der Waals surface area contributed by atoms with Gasteiger partial charge >= 0.3 is 0 Å². The Bertz CT molecular complexity index is 971. The van der Waals surface area contributed by atoms with Gasteiger partial charge in [0.05, 0.1) is 0 Å². The van der Waals surface area contributed by atoms with Crippen molar-refractivity contribution in [2.75, 3.05) is 12.8 Å². The van der Waals surface area contributed by atoms with Crippen LogP contribution in [0.3, 0.4) is 0 Å². The zero-order valence-corrected chi connectivity index (χ0v) is 16.0. The van der Waals surface area contributed by atoms with Gasteiger partial charge in [0.2, 0.25) is 0 Å². The van der Waals surface area contributed by atoms with E-state index in [0.717, 1.165) is 42.4 Å². The van der Waals surface area contributed by atoms with Gasteiger partial charge in [0.15, 0.2) is 15.7 Å². The van der Waals surface area contributed by atoms with Crippen molar-refractivity contribution in [1.82, 2.24) is 4.90 Å². The largest absolute Gasteiger partial charge is 0.335 e. The molecule has 0 saturated carbocycles. The van der Waals surface area contributed by atoms with Crippen molar-refractivity contribution in [2.24, 2.45) is 0 Å². The number of sulfone groups is 1. The number of likely N-dealkylation sites (tertiary alicyclic amines) is 1. The lowest BCUT2D eigenvalue weighted by Crippen LogP contribution is -2.38. The first kappa shape index (κ1) is 19.5. The first-order valence-electron chi connectivity index (χ1n) is 8.73. The van der Waals surface area contributed by atoms with Crippen LogP contribution in [-0.4, -0.2) is 38.1 Å². The predicted molar refractivity (Wildman–Crippen MR) is 98.4 cm³/mol. The molecule has 1 atom stereocenters. The van der Waals surface area contributed by atoms with Gasteiger partial charge in [-0.15, -0.1) is 0 Å². The van der Waals surface area contributed by atoms with Gasteiger partial charge in [-0.25, -0.2) is 17.2 Å². The van der Waals surface area contributed by atoms with Crippen LogP contribution >= 0.6 is 0 Å². The van der Waals surface area contributed by atoms with E-state index < -0.39 is 37.8 Å². The highest BCUT2D eigenvalue weighted by atomic mass is 32.2. The number of hydrogen-bond acceptors (Lipinski definition) is 3. The minimum absolute atomic E-state index is 0.180. The van der Waals surface area contributed by atoms with Crippen LogP contribution in [-0.2, 0) is 16.3 Å². The summed E-state index contributed by atoms with van der Waals surface area (Å²) in [7, 11) is -3.91. The molecule has 0 radical (unpaired) electrons. The van der Waals surface area contributed by atoms with Crippen LogP contribution in [0.5, 0.6) is 0 Å². The summed E-state index contributed by atoms with van der Waals surface area (Å²) in [6, 6.07) is 9.41. The molecular formula is C20H21F2NO3S. The fraction of sp³-hybridized carbons (Fsp3) is 0.350. The van der Waals surface area contributed by atoms with E-state index in [9.17, 15) is 22.0 Å². The Kier molecular flexibility index (Phi) is 5.33. The van der Waals surface area contributed by atoms with E-state index in [1.165, 1.54) is 4.90 Å². The first-order chi connectivity index (χ1) is 12.7. The SMILES string of the molecule is Cc1ccc(C[C@@H]2CCCN2C(=O)c2c(F)ccc(S(C)(=O)=O)c2F)cc1. The summed E-state index contributed by atoms with van der Waals surface area (Å²) in [6.07, 6.45) is 2.88. The second kappa shape index (κ2) is 7.38. The lowest BCUT2D eigenvalue weighted by atomic mass is 10.0. The third-order valence-electron chi connectivity index (χ3n) is 4.90. The number of amides is 1. The van der Waals surface area contributed by atoms with Crippen molar-refractivity contribution in [3.63, 3.8) is 0 Å². The van der Waals surface area contributed by atoms with Crippen molar-refractivity contribution >= 4 is 15.7 Å². The molecule has 1 aliphatic heterocycles. The maximum Gasteiger partial charge on any atom is 0.260 e. The molecule has 0 spiro atoms. The third kappa shape index (κ3) is 4.03. The van der Waals surface area contributed by atoms with Crippen molar-refractivity contribution in [3.8, 4) is 0 Å². The number of hydrogen-bond donors (Lipinski definition) is 0. The maximum absolute atomic E-state index is 14.7. The van der Waals surface area contributed by atoms with Crippen molar-refractivity contribution in [1.29, 1.82) is 0 Å². The fourth-order valence-electron chi connectivity index (χ4n) is 3.47. The molecule has 1 amide bonds. The van der Waals surface area contributed by atoms with E-state index in [1.807, 2.05) is 31.2 Å². The fourth-order valence-corrected chi connectivity index (χ4v) is 4.21. The quantitative estimate of drug-likeness (QED) is 0.747. The Morgan fingerprint density at radius 1 is 1.15 bits per heavy atom. The summed E-state index contributed by atoms with van der Waals surface area (Å²) >= 11 is 0. The highest BCUT2D eigenvalue weighted by molar-refractivity contribution is 7.90. The third-order valence-corrected chi connectivity index (χ3v) is 6.01. The second-order valence-corrected chi connectivity index (χ2v) is 8.98. The normalized spacial score (nSPS) is 17.3. The van der Waals surface area contributed by atoms with Crippen LogP contribution in [0.2, 0.25) is 0 Å². The van der Waals surface area contributed by atoms with E-state index in [-0.39, 0.29) is 6.04 Å². The Balaban J connectivity index is 1.91. The van der Waals surface area contributed by atoms with E-state index >= 15 is 0 Å². The molecule has 0 N–H and O–H groups in total. The van der Waals surface area contributed by atoms with Crippen LogP contribution in [0.1, 0.15) is 34.3 Å². The number of benzene rings is 2. The standard InChI is InChI=1S/C20H21F2NO3S/c1-13-5-7-14(8-6-13)12-15-4-3-11-23(15)20(24)18-16(21)9-10-17(19(18)22)27(2,25)26/h5-10,15H,3-4,11-12H2,1-2H3/t15-/m0/s1. The van der Waals surface area contributed by atoms with Crippen molar-refractivity contribution in [3.05, 3.63) is 64.7 Å². The minimum Gasteiger partial charge on any atom is -0.335 e. The lowest BCUT2D eigenvalue weighted by molar-refractivity contribution is 0.0726. The number of halogens is 2. The number of aryl methyl sites for hydroxylation is 1. The smallest absolute Gasteiger partial charge is 0.260 e. The van der Waals surface area contributed by atoms with Crippen LogP contribution < -0.4 is 0 Å². The molecule has 4 nitrogen and oxygen atoms in total. The predicted octanol–water partition coefficient (Wildman–Crippen LogP) is 3.52. The molecule has 7 heteroatoms. The second-order valence-electron chi connectivity index (χ2n) is 6.99. The zero-order chi connectivity index (χ0) is 19.8. The number of carbonyl (C=O) groups excluding carboxylic acids is 1. The molecule has 0 aromatic heterocycles. The molecule has 1 fully saturated rings. The maximum atomic E-state index is 14.7. The zero-order valence-electron chi connectivity index (χ0n) is 15.2. The highest BCUT2D eigenvalue weighted by Gasteiger charge is 2.34. The Morgan fingerprint density at radius 3 is 2.44 bits per heavy atom. The molecule has 0 bridgehead atoms. The van der Waals surface area contributed by atoms with Crippen LogP contribution in [0.25, 0.3) is 0 Å². The molecular weight excluding hydrogens is 372 g/mol. The van der Waals surface area contributed by atoms with Crippen LogP contribution in [0, 0.1) is 18.6 Å². The van der Waals surface area contributed by atoms with E-state index in [4.69, 9.17) is 0 Å². The number of nitrogens with zero attached hydrogens (tertiary/aromatic N) is 1. The van der Waals surface area contributed by atoms with E-state index in [1.54, 1.807) is 0 Å². The molecule has 3 rings (SSSR count). The molecule has 0 unspecified atom stereocenters. The summed E-state index contributed by atoms with van der Waals surface area (Å²) in [6.45, 7) is 2.37. The molecule has 2 aromatic rings. The Hall–Kier alpha value is -2.28. The van der Waals surface area contributed by atoms with Gasteiger partial charge in [-0.3, -0.25) is 4.79 Å². The summed E-state index contributed by atoms with van der Waals surface area (Å²) in [5, 5.41) is 0. The average Bonchev–Trinajstić information content (AvgIpc) is 3.03. The molecule has 0 aliphatic carbocycles. The Labute approximate surface area is 157 Å². The highest BCUT2D eigenvalue weighted by Crippen LogP contribution is 2.27. The number of carbonyl (C=O) groups is 1. The molecule has 144 valence electrons.